The lowest BCUT2D eigenvalue weighted by Crippen LogP contribution is -2.44. The summed E-state index contributed by atoms with van der Waals surface area (Å²) in [4.78, 5) is 23.5. The number of hydrogen-bond donors (Lipinski definition) is 1. The Morgan fingerprint density at radius 3 is 3.00 bits per heavy atom. The number of nitrogens with one attached hydrogen (secondary N) is 1. The highest BCUT2D eigenvalue weighted by Gasteiger charge is 2.27. The average Bonchev–Trinajstić information content (AvgIpc) is 3.16. The van der Waals surface area contributed by atoms with Crippen LogP contribution >= 0.6 is 0 Å². The number of nitrogens with zero attached hydrogens (tertiary/aromatic N) is 5. The summed E-state index contributed by atoms with van der Waals surface area (Å²) in [6.07, 6.45) is 4.27. The van der Waals surface area contributed by atoms with Crippen LogP contribution in [-0.4, -0.2) is 45.1 Å². The normalized spacial score (nSPS) is 17.2. The molecule has 7 heteroatoms. The van der Waals surface area contributed by atoms with E-state index in [0.717, 1.165) is 37.3 Å². The number of amides is 1. The molecule has 1 atom stereocenters. The van der Waals surface area contributed by atoms with Crippen LogP contribution in [0.25, 0.3) is 5.78 Å². The molecule has 2 aromatic heterocycles. The molecule has 1 aliphatic heterocycles. The fourth-order valence-electron chi connectivity index (χ4n) is 3.65. The minimum atomic E-state index is -0.0124. The summed E-state index contributed by atoms with van der Waals surface area (Å²) in [5.41, 5.74) is 2.14. The van der Waals surface area contributed by atoms with Gasteiger partial charge in [0.15, 0.2) is 0 Å². The lowest BCUT2D eigenvalue weighted by Gasteiger charge is -2.33. The molecular weight excluding hydrogens is 340 g/mol. The molecule has 1 amide bonds. The van der Waals surface area contributed by atoms with Gasteiger partial charge >= 0.3 is 0 Å². The van der Waals surface area contributed by atoms with E-state index in [2.05, 4.69) is 37.4 Å². The van der Waals surface area contributed by atoms with Crippen molar-refractivity contribution in [2.45, 2.75) is 26.2 Å². The zero-order chi connectivity index (χ0) is 18.6. The van der Waals surface area contributed by atoms with Crippen molar-refractivity contribution in [3.8, 4) is 0 Å². The number of hydrogen-bond acceptors (Lipinski definition) is 5. The molecular formula is C20H24N6O. The van der Waals surface area contributed by atoms with E-state index in [1.54, 1.807) is 4.52 Å². The zero-order valence-corrected chi connectivity index (χ0v) is 15.5. The smallest absolute Gasteiger partial charge is 0.254 e. The first-order chi connectivity index (χ1) is 13.2. The monoisotopic (exact) mass is 364 g/mol. The first-order valence-electron chi connectivity index (χ1n) is 9.44. The molecule has 1 unspecified atom stereocenters. The van der Waals surface area contributed by atoms with Crippen molar-refractivity contribution in [1.82, 2.24) is 24.9 Å². The van der Waals surface area contributed by atoms with E-state index < -0.39 is 0 Å². The second-order valence-corrected chi connectivity index (χ2v) is 7.04. The van der Waals surface area contributed by atoms with Crippen LogP contribution in [0.15, 0.2) is 42.7 Å². The highest BCUT2D eigenvalue weighted by Crippen LogP contribution is 2.24. The number of piperidine rings is 1. The summed E-state index contributed by atoms with van der Waals surface area (Å²) in [5.74, 6) is 1.68. The molecule has 0 spiro atoms. The topological polar surface area (TPSA) is 75.4 Å². The lowest BCUT2D eigenvalue weighted by atomic mass is 9.97. The van der Waals surface area contributed by atoms with Gasteiger partial charge < -0.3 is 10.2 Å². The number of fused-ring (bicyclic) bond motifs is 1. The third-order valence-electron chi connectivity index (χ3n) is 5.03. The lowest BCUT2D eigenvalue weighted by molar-refractivity contribution is -0.125. The Morgan fingerprint density at radius 2 is 2.15 bits per heavy atom. The van der Waals surface area contributed by atoms with Gasteiger partial charge in [0.25, 0.3) is 5.78 Å². The standard InChI is InChI=1S/C20H24N6O/c1-15-12-18(26-20(24-15)22-14-23-26)25-11-5-8-17(13-25)19(27)21-10-9-16-6-3-2-4-7-16/h2-4,6-7,12,14,17H,5,8-11,13H2,1H3,(H,21,27). The van der Waals surface area contributed by atoms with Gasteiger partial charge in [-0.1, -0.05) is 30.3 Å². The Morgan fingerprint density at radius 1 is 1.30 bits per heavy atom. The van der Waals surface area contributed by atoms with Crippen molar-refractivity contribution < 1.29 is 4.79 Å². The molecule has 0 aliphatic carbocycles. The second kappa shape index (κ2) is 7.73. The molecule has 1 aromatic carbocycles. The number of aryl methyl sites for hydroxylation is 1. The van der Waals surface area contributed by atoms with Gasteiger partial charge in [0.2, 0.25) is 5.91 Å². The van der Waals surface area contributed by atoms with Gasteiger partial charge in [-0.3, -0.25) is 4.79 Å². The van der Waals surface area contributed by atoms with E-state index in [1.807, 2.05) is 31.2 Å². The Balaban J connectivity index is 1.40. The fourth-order valence-corrected chi connectivity index (χ4v) is 3.65. The molecule has 1 aliphatic rings. The molecule has 3 aromatic rings. The Kier molecular flexibility index (Phi) is 5.00. The van der Waals surface area contributed by atoms with Gasteiger partial charge in [-0.2, -0.15) is 14.6 Å². The number of anilines is 1. The van der Waals surface area contributed by atoms with E-state index in [0.29, 0.717) is 18.9 Å². The van der Waals surface area contributed by atoms with Crippen LogP contribution in [0.2, 0.25) is 0 Å². The average molecular weight is 364 g/mol. The first kappa shape index (κ1) is 17.5. The maximum Gasteiger partial charge on any atom is 0.254 e. The fraction of sp³-hybridized carbons (Fsp3) is 0.400. The third-order valence-corrected chi connectivity index (χ3v) is 5.03. The quantitative estimate of drug-likeness (QED) is 0.749. The summed E-state index contributed by atoms with van der Waals surface area (Å²) >= 11 is 0. The van der Waals surface area contributed by atoms with Gasteiger partial charge in [-0.15, -0.1) is 0 Å². The van der Waals surface area contributed by atoms with Crippen LogP contribution in [0.4, 0.5) is 5.82 Å². The van der Waals surface area contributed by atoms with E-state index in [4.69, 9.17) is 0 Å². The predicted octanol–water partition coefficient (Wildman–Crippen LogP) is 2.01. The van der Waals surface area contributed by atoms with Crippen molar-refractivity contribution >= 4 is 17.5 Å². The molecule has 4 rings (SSSR count). The van der Waals surface area contributed by atoms with Crippen LogP contribution in [0.3, 0.4) is 0 Å². The molecule has 1 fully saturated rings. The minimum Gasteiger partial charge on any atom is -0.356 e. The third kappa shape index (κ3) is 3.92. The Bertz CT molecular complexity index is 923. The van der Waals surface area contributed by atoms with E-state index in [1.165, 1.54) is 11.9 Å². The predicted molar refractivity (Wildman–Crippen MR) is 104 cm³/mol. The van der Waals surface area contributed by atoms with Crippen LogP contribution < -0.4 is 10.2 Å². The van der Waals surface area contributed by atoms with E-state index >= 15 is 0 Å². The van der Waals surface area contributed by atoms with Crippen LogP contribution in [-0.2, 0) is 11.2 Å². The number of benzene rings is 1. The van der Waals surface area contributed by atoms with Gasteiger partial charge in [0.1, 0.15) is 12.1 Å². The maximum atomic E-state index is 12.7. The van der Waals surface area contributed by atoms with Crippen molar-refractivity contribution in [3.05, 3.63) is 54.0 Å². The minimum absolute atomic E-state index is 0.0124. The van der Waals surface area contributed by atoms with Crippen molar-refractivity contribution in [3.63, 3.8) is 0 Å². The molecule has 1 saturated heterocycles. The Hall–Kier alpha value is -2.96. The molecule has 140 valence electrons. The highest BCUT2D eigenvalue weighted by molar-refractivity contribution is 5.79. The molecule has 0 saturated carbocycles. The van der Waals surface area contributed by atoms with Crippen molar-refractivity contribution in [2.24, 2.45) is 5.92 Å². The largest absolute Gasteiger partial charge is 0.356 e. The Labute approximate surface area is 158 Å². The highest BCUT2D eigenvalue weighted by atomic mass is 16.1. The van der Waals surface area contributed by atoms with Crippen LogP contribution in [0, 0.1) is 12.8 Å². The van der Waals surface area contributed by atoms with Crippen LogP contribution in [0.5, 0.6) is 0 Å². The molecule has 7 nitrogen and oxygen atoms in total. The van der Waals surface area contributed by atoms with E-state index in [9.17, 15) is 4.79 Å². The molecule has 3 heterocycles. The summed E-state index contributed by atoms with van der Waals surface area (Å²) in [5, 5.41) is 7.39. The van der Waals surface area contributed by atoms with Crippen LogP contribution in [0.1, 0.15) is 24.1 Å². The van der Waals surface area contributed by atoms with Crippen molar-refractivity contribution in [1.29, 1.82) is 0 Å². The SMILES string of the molecule is Cc1cc(N2CCCC(C(=O)NCCc3ccccc3)C2)n2ncnc2n1. The van der Waals surface area contributed by atoms with Gasteiger partial charge in [-0.25, -0.2) is 4.98 Å². The number of aromatic nitrogens is 4. The molecule has 0 bridgehead atoms. The first-order valence-corrected chi connectivity index (χ1v) is 9.44. The summed E-state index contributed by atoms with van der Waals surface area (Å²) in [6, 6.07) is 12.2. The maximum absolute atomic E-state index is 12.7. The van der Waals surface area contributed by atoms with Gasteiger partial charge in [-0.05, 0) is 31.7 Å². The summed E-state index contributed by atoms with van der Waals surface area (Å²) in [7, 11) is 0. The van der Waals surface area contributed by atoms with E-state index in [-0.39, 0.29) is 11.8 Å². The molecule has 0 radical (unpaired) electrons. The summed E-state index contributed by atoms with van der Waals surface area (Å²) in [6.45, 7) is 4.22. The number of rotatable bonds is 5. The second-order valence-electron chi connectivity index (χ2n) is 7.04. The molecule has 1 N–H and O–H groups in total. The zero-order valence-electron chi connectivity index (χ0n) is 15.5. The summed E-state index contributed by atoms with van der Waals surface area (Å²) < 4.78 is 1.75. The molecule has 27 heavy (non-hydrogen) atoms. The number of carbonyl (C=O) groups is 1. The van der Waals surface area contributed by atoms with Gasteiger partial charge in [0, 0.05) is 31.4 Å². The number of carbonyl (C=O) groups excluding carboxylic acids is 1. The van der Waals surface area contributed by atoms with Gasteiger partial charge in [0.05, 0.1) is 5.92 Å². The van der Waals surface area contributed by atoms with Crippen molar-refractivity contribution in [2.75, 3.05) is 24.5 Å².